The quantitative estimate of drug-likeness (QED) is 0.440. The Bertz CT molecular complexity index is 911. The molecule has 2 aromatic carbocycles. The number of esters is 1. The van der Waals surface area contributed by atoms with Crippen LogP contribution in [0.5, 0.6) is 11.5 Å². The normalized spacial score (nSPS) is 11.3. The summed E-state index contributed by atoms with van der Waals surface area (Å²) in [4.78, 5) is 35.2. The third-order valence-electron chi connectivity index (χ3n) is 3.88. The second-order valence-corrected chi connectivity index (χ2v) is 5.88. The molecule has 1 N–H and O–H groups in total. The summed E-state index contributed by atoms with van der Waals surface area (Å²) in [5.74, 6) is -0.839. The number of nitrogens with one attached hydrogen (secondary N) is 1. The minimum absolute atomic E-state index is 0.0951. The summed E-state index contributed by atoms with van der Waals surface area (Å²) in [5.41, 5.74) is 0.893. The number of amides is 1. The standard InChI is InChI=1S/C19H20N2O7/c1-11-5-7-16(26-3)14(9-11)19(23)28-12(2)18(22)20-15-10-13(21(24)25)6-8-17(15)27-4/h5-10,12H,1-4H3,(H,20,22)/t12-/m0/s1. The molecular formula is C19H20N2O7. The van der Waals surface area contributed by atoms with Gasteiger partial charge < -0.3 is 19.5 Å². The third-order valence-corrected chi connectivity index (χ3v) is 3.88. The number of anilines is 1. The van der Waals surface area contributed by atoms with Gasteiger partial charge in [0.1, 0.15) is 17.1 Å². The topological polar surface area (TPSA) is 117 Å². The molecule has 148 valence electrons. The van der Waals surface area contributed by atoms with Gasteiger partial charge in [-0.1, -0.05) is 11.6 Å². The molecule has 0 fully saturated rings. The van der Waals surface area contributed by atoms with E-state index in [1.807, 2.05) is 0 Å². The molecule has 0 spiro atoms. The summed E-state index contributed by atoms with van der Waals surface area (Å²) < 4.78 is 15.4. The number of methoxy groups -OCH3 is 2. The van der Waals surface area contributed by atoms with Crippen LogP contribution in [-0.4, -0.2) is 37.1 Å². The van der Waals surface area contributed by atoms with Gasteiger partial charge in [0.15, 0.2) is 6.10 Å². The highest BCUT2D eigenvalue weighted by molar-refractivity contribution is 5.99. The van der Waals surface area contributed by atoms with Crippen molar-refractivity contribution in [3.63, 3.8) is 0 Å². The number of nitro groups is 1. The molecule has 0 aromatic heterocycles. The lowest BCUT2D eigenvalue weighted by molar-refractivity contribution is -0.384. The van der Waals surface area contributed by atoms with Gasteiger partial charge in [-0.2, -0.15) is 0 Å². The van der Waals surface area contributed by atoms with Gasteiger partial charge in [0.2, 0.25) is 0 Å². The summed E-state index contributed by atoms with van der Waals surface area (Å²) in [5, 5.41) is 13.4. The number of aryl methyl sites for hydroxylation is 1. The summed E-state index contributed by atoms with van der Waals surface area (Å²) in [7, 11) is 2.79. The smallest absolute Gasteiger partial charge is 0.342 e. The number of hydrogen-bond acceptors (Lipinski definition) is 7. The van der Waals surface area contributed by atoms with Crippen LogP contribution in [-0.2, 0) is 9.53 Å². The molecule has 2 aromatic rings. The minimum atomic E-state index is -1.17. The Morgan fingerprint density at radius 2 is 1.71 bits per heavy atom. The predicted octanol–water partition coefficient (Wildman–Crippen LogP) is 3.10. The lowest BCUT2D eigenvalue weighted by atomic mass is 10.1. The molecule has 2 rings (SSSR count). The molecule has 9 heteroatoms. The van der Waals surface area contributed by atoms with E-state index in [4.69, 9.17) is 14.2 Å². The predicted molar refractivity (Wildman–Crippen MR) is 101 cm³/mol. The lowest BCUT2D eigenvalue weighted by Crippen LogP contribution is -2.30. The van der Waals surface area contributed by atoms with E-state index in [0.29, 0.717) is 5.75 Å². The van der Waals surface area contributed by atoms with Gasteiger partial charge in [-0.3, -0.25) is 14.9 Å². The van der Waals surface area contributed by atoms with Crippen molar-refractivity contribution in [2.24, 2.45) is 0 Å². The molecule has 1 atom stereocenters. The molecule has 0 aliphatic rings. The van der Waals surface area contributed by atoms with Gasteiger partial charge in [-0.05, 0) is 32.0 Å². The summed E-state index contributed by atoms with van der Waals surface area (Å²) in [6.45, 7) is 3.19. The summed E-state index contributed by atoms with van der Waals surface area (Å²) in [6, 6.07) is 8.78. The zero-order valence-electron chi connectivity index (χ0n) is 15.8. The Hall–Kier alpha value is -3.62. The molecule has 0 aliphatic carbocycles. The molecule has 0 heterocycles. The Morgan fingerprint density at radius 3 is 2.32 bits per heavy atom. The fourth-order valence-electron chi connectivity index (χ4n) is 2.40. The van der Waals surface area contributed by atoms with E-state index < -0.39 is 22.9 Å². The number of non-ortho nitro benzene ring substituents is 1. The van der Waals surface area contributed by atoms with Gasteiger partial charge in [0, 0.05) is 12.1 Å². The molecule has 1 amide bonds. The maximum absolute atomic E-state index is 12.4. The zero-order valence-corrected chi connectivity index (χ0v) is 15.8. The van der Waals surface area contributed by atoms with Gasteiger partial charge in [0.05, 0.1) is 24.8 Å². The maximum atomic E-state index is 12.4. The first-order valence-electron chi connectivity index (χ1n) is 8.25. The van der Waals surface area contributed by atoms with Crippen LogP contribution < -0.4 is 14.8 Å². The van der Waals surface area contributed by atoms with Crippen molar-refractivity contribution in [2.45, 2.75) is 20.0 Å². The number of ether oxygens (including phenoxy) is 3. The van der Waals surface area contributed by atoms with Crippen LogP contribution in [0.25, 0.3) is 0 Å². The third kappa shape index (κ3) is 4.76. The van der Waals surface area contributed by atoms with Crippen molar-refractivity contribution in [3.8, 4) is 11.5 Å². The molecule has 0 aliphatic heterocycles. The molecule has 0 saturated carbocycles. The van der Waals surface area contributed by atoms with Crippen molar-refractivity contribution in [3.05, 3.63) is 57.6 Å². The maximum Gasteiger partial charge on any atom is 0.342 e. The average molecular weight is 388 g/mol. The van der Waals surface area contributed by atoms with Gasteiger partial charge in [-0.15, -0.1) is 0 Å². The van der Waals surface area contributed by atoms with E-state index >= 15 is 0 Å². The Morgan fingerprint density at radius 1 is 1.07 bits per heavy atom. The highest BCUT2D eigenvalue weighted by Gasteiger charge is 2.23. The second-order valence-electron chi connectivity index (χ2n) is 5.88. The molecular weight excluding hydrogens is 368 g/mol. The second kappa shape index (κ2) is 8.85. The Labute approximate surface area is 161 Å². The van der Waals surface area contributed by atoms with Crippen LogP contribution in [0.2, 0.25) is 0 Å². The van der Waals surface area contributed by atoms with E-state index in [9.17, 15) is 19.7 Å². The van der Waals surface area contributed by atoms with E-state index in [0.717, 1.165) is 11.6 Å². The Balaban J connectivity index is 2.15. The van der Waals surface area contributed by atoms with E-state index in [1.54, 1.807) is 25.1 Å². The highest BCUT2D eigenvalue weighted by Crippen LogP contribution is 2.29. The minimum Gasteiger partial charge on any atom is -0.496 e. The summed E-state index contributed by atoms with van der Waals surface area (Å²) >= 11 is 0. The number of rotatable bonds is 7. The van der Waals surface area contributed by atoms with E-state index in [1.165, 1.54) is 33.3 Å². The first kappa shape index (κ1) is 20.7. The monoisotopic (exact) mass is 388 g/mol. The van der Waals surface area contributed by atoms with Crippen molar-refractivity contribution < 1.29 is 28.7 Å². The van der Waals surface area contributed by atoms with Crippen molar-refractivity contribution >= 4 is 23.3 Å². The number of nitro benzene ring substituents is 1. The van der Waals surface area contributed by atoms with Crippen molar-refractivity contribution in [1.29, 1.82) is 0 Å². The molecule has 0 saturated heterocycles. The molecule has 0 unspecified atom stereocenters. The highest BCUT2D eigenvalue weighted by atomic mass is 16.6. The SMILES string of the molecule is COc1ccc([N+](=O)[O-])cc1NC(=O)[C@H](C)OC(=O)c1cc(C)ccc1OC. The van der Waals surface area contributed by atoms with Crippen LogP contribution in [0, 0.1) is 17.0 Å². The van der Waals surface area contributed by atoms with Crippen LogP contribution in [0.15, 0.2) is 36.4 Å². The van der Waals surface area contributed by atoms with Crippen LogP contribution in [0.4, 0.5) is 11.4 Å². The molecule has 28 heavy (non-hydrogen) atoms. The molecule has 0 bridgehead atoms. The first-order chi connectivity index (χ1) is 13.3. The van der Waals surface area contributed by atoms with Gasteiger partial charge in [0.25, 0.3) is 11.6 Å². The van der Waals surface area contributed by atoms with Gasteiger partial charge >= 0.3 is 5.97 Å². The number of hydrogen-bond donors (Lipinski definition) is 1. The van der Waals surface area contributed by atoms with Crippen LogP contribution >= 0.6 is 0 Å². The van der Waals surface area contributed by atoms with Crippen LogP contribution in [0.3, 0.4) is 0 Å². The number of carbonyl (C=O) groups excluding carboxylic acids is 2. The van der Waals surface area contributed by atoms with E-state index in [2.05, 4.69) is 5.32 Å². The molecule has 9 nitrogen and oxygen atoms in total. The number of nitrogens with zero attached hydrogens (tertiary/aromatic N) is 1. The zero-order chi connectivity index (χ0) is 20.8. The fraction of sp³-hybridized carbons (Fsp3) is 0.263. The average Bonchev–Trinajstić information content (AvgIpc) is 2.67. The van der Waals surface area contributed by atoms with Gasteiger partial charge in [-0.25, -0.2) is 4.79 Å². The van der Waals surface area contributed by atoms with Crippen molar-refractivity contribution in [1.82, 2.24) is 0 Å². The van der Waals surface area contributed by atoms with Crippen molar-refractivity contribution in [2.75, 3.05) is 19.5 Å². The largest absolute Gasteiger partial charge is 0.496 e. The Kier molecular flexibility index (Phi) is 6.54. The first-order valence-corrected chi connectivity index (χ1v) is 8.25. The number of benzene rings is 2. The number of carbonyl (C=O) groups is 2. The fourth-order valence-corrected chi connectivity index (χ4v) is 2.40. The van der Waals surface area contributed by atoms with E-state index in [-0.39, 0.29) is 22.7 Å². The lowest BCUT2D eigenvalue weighted by Gasteiger charge is -2.16. The van der Waals surface area contributed by atoms with Crippen LogP contribution in [0.1, 0.15) is 22.8 Å². The summed E-state index contributed by atoms with van der Waals surface area (Å²) in [6.07, 6.45) is -1.17. The molecule has 0 radical (unpaired) electrons.